The van der Waals surface area contributed by atoms with Gasteiger partial charge in [0.15, 0.2) is 0 Å². The van der Waals surface area contributed by atoms with Crippen molar-refractivity contribution in [2.45, 2.75) is 32.4 Å². The summed E-state index contributed by atoms with van der Waals surface area (Å²) in [4.78, 5) is 13.4. The Morgan fingerprint density at radius 1 is 1.50 bits per heavy atom. The number of ether oxygens (including phenoxy) is 2. The number of aromatic hydroxyl groups is 1. The monoisotopic (exact) mass is 308 g/mol. The summed E-state index contributed by atoms with van der Waals surface area (Å²) >= 11 is 0. The van der Waals surface area contributed by atoms with Crippen LogP contribution >= 0.6 is 0 Å². The average Bonchev–Trinajstić information content (AvgIpc) is 2.79. The van der Waals surface area contributed by atoms with Gasteiger partial charge in [0, 0.05) is 31.8 Å². The van der Waals surface area contributed by atoms with E-state index in [9.17, 15) is 9.90 Å². The minimum Gasteiger partial charge on any atom is -0.508 e. The van der Waals surface area contributed by atoms with Gasteiger partial charge in [0.05, 0.1) is 6.04 Å². The molecule has 1 aliphatic heterocycles. The van der Waals surface area contributed by atoms with Crippen LogP contribution in [0.25, 0.3) is 0 Å². The van der Waals surface area contributed by atoms with E-state index in [2.05, 4.69) is 5.32 Å². The topological polar surface area (TPSA) is 71.0 Å². The molecule has 1 aromatic carbocycles. The molecule has 0 bridgehead atoms. The fraction of sp³-hybridized carbons (Fsp3) is 0.562. The summed E-state index contributed by atoms with van der Waals surface area (Å²) in [6, 6.07) is 5.19. The SMILES string of the molecule is CN(CCNC1COc2cc(O)ccc21)C(=O)OC(C)(C)C. The lowest BCUT2D eigenvalue weighted by atomic mass is 10.1. The number of nitrogens with zero attached hydrogens (tertiary/aromatic N) is 1. The smallest absolute Gasteiger partial charge is 0.410 e. The van der Waals surface area contributed by atoms with Crippen LogP contribution in [0.2, 0.25) is 0 Å². The normalized spacial score (nSPS) is 16.8. The molecule has 22 heavy (non-hydrogen) atoms. The maximum absolute atomic E-state index is 11.8. The van der Waals surface area contributed by atoms with E-state index in [0.717, 1.165) is 5.56 Å². The van der Waals surface area contributed by atoms with Crippen LogP contribution < -0.4 is 10.1 Å². The van der Waals surface area contributed by atoms with Crippen LogP contribution in [0.4, 0.5) is 4.79 Å². The lowest BCUT2D eigenvalue weighted by Crippen LogP contribution is -2.38. The number of fused-ring (bicyclic) bond motifs is 1. The molecule has 0 radical (unpaired) electrons. The Kier molecular flexibility index (Phi) is 4.81. The van der Waals surface area contributed by atoms with E-state index < -0.39 is 5.60 Å². The summed E-state index contributed by atoms with van der Waals surface area (Å²) in [5.41, 5.74) is 0.539. The first-order valence-electron chi connectivity index (χ1n) is 7.39. The third kappa shape index (κ3) is 4.27. The summed E-state index contributed by atoms with van der Waals surface area (Å²) in [6.07, 6.45) is -0.331. The summed E-state index contributed by atoms with van der Waals surface area (Å²) < 4.78 is 10.8. The van der Waals surface area contributed by atoms with Crippen molar-refractivity contribution >= 4 is 6.09 Å². The van der Waals surface area contributed by atoms with Crippen molar-refractivity contribution in [2.75, 3.05) is 26.7 Å². The number of phenolic OH excluding ortho intramolecular Hbond substituents is 1. The van der Waals surface area contributed by atoms with Gasteiger partial charge in [-0.05, 0) is 32.9 Å². The van der Waals surface area contributed by atoms with E-state index in [4.69, 9.17) is 9.47 Å². The van der Waals surface area contributed by atoms with Crippen LogP contribution in [0.5, 0.6) is 11.5 Å². The van der Waals surface area contributed by atoms with Gasteiger partial charge in [0.25, 0.3) is 0 Å². The molecule has 1 aliphatic rings. The first kappa shape index (κ1) is 16.4. The molecule has 1 amide bonds. The van der Waals surface area contributed by atoms with Gasteiger partial charge in [-0.2, -0.15) is 0 Å². The van der Waals surface area contributed by atoms with Crippen LogP contribution in [0, 0.1) is 0 Å². The van der Waals surface area contributed by atoms with Crippen molar-refractivity contribution in [1.82, 2.24) is 10.2 Å². The molecule has 2 N–H and O–H groups in total. The highest BCUT2D eigenvalue weighted by molar-refractivity contribution is 5.67. The Labute approximate surface area is 131 Å². The van der Waals surface area contributed by atoms with Gasteiger partial charge in [-0.25, -0.2) is 4.79 Å². The van der Waals surface area contributed by atoms with Gasteiger partial charge in [-0.15, -0.1) is 0 Å². The molecule has 1 atom stereocenters. The van der Waals surface area contributed by atoms with Crippen LogP contribution in [0.15, 0.2) is 18.2 Å². The van der Waals surface area contributed by atoms with Crippen molar-refractivity contribution in [3.63, 3.8) is 0 Å². The van der Waals surface area contributed by atoms with E-state index in [-0.39, 0.29) is 17.9 Å². The first-order valence-corrected chi connectivity index (χ1v) is 7.39. The van der Waals surface area contributed by atoms with E-state index in [1.54, 1.807) is 24.1 Å². The maximum Gasteiger partial charge on any atom is 0.410 e. The fourth-order valence-electron chi connectivity index (χ4n) is 2.21. The highest BCUT2D eigenvalue weighted by Crippen LogP contribution is 2.34. The molecule has 1 aromatic rings. The summed E-state index contributed by atoms with van der Waals surface area (Å²) in [5, 5.41) is 12.8. The molecule has 0 saturated heterocycles. The van der Waals surface area contributed by atoms with Gasteiger partial charge >= 0.3 is 6.09 Å². The third-order valence-electron chi connectivity index (χ3n) is 3.32. The molecular formula is C16H24N2O4. The molecule has 1 unspecified atom stereocenters. The number of phenols is 1. The molecule has 2 rings (SSSR count). The number of carbonyl (C=O) groups excluding carboxylic acids is 1. The molecule has 0 aliphatic carbocycles. The standard InChI is InChI=1S/C16H24N2O4/c1-16(2,3)22-15(20)18(4)8-7-17-13-10-21-14-9-11(19)5-6-12(13)14/h5-6,9,13,17,19H,7-8,10H2,1-4H3. The zero-order valence-electron chi connectivity index (χ0n) is 13.5. The number of rotatable bonds is 4. The number of hydrogen-bond donors (Lipinski definition) is 2. The molecule has 1 heterocycles. The largest absolute Gasteiger partial charge is 0.508 e. The van der Waals surface area contributed by atoms with Crippen molar-refractivity contribution in [3.05, 3.63) is 23.8 Å². The van der Waals surface area contributed by atoms with E-state index in [1.807, 2.05) is 26.8 Å². The van der Waals surface area contributed by atoms with Gasteiger partial charge in [-0.3, -0.25) is 0 Å². The van der Waals surface area contributed by atoms with Crippen LogP contribution in [0.3, 0.4) is 0 Å². The Morgan fingerprint density at radius 3 is 2.91 bits per heavy atom. The van der Waals surface area contributed by atoms with Gasteiger partial charge < -0.3 is 24.8 Å². The molecular weight excluding hydrogens is 284 g/mol. The van der Waals surface area contributed by atoms with Crippen LogP contribution in [-0.4, -0.2) is 48.4 Å². The molecule has 6 nitrogen and oxygen atoms in total. The third-order valence-corrected chi connectivity index (χ3v) is 3.32. The van der Waals surface area contributed by atoms with E-state index in [1.165, 1.54) is 0 Å². The van der Waals surface area contributed by atoms with Gasteiger partial charge in [0.1, 0.15) is 23.7 Å². The number of carbonyl (C=O) groups is 1. The molecule has 6 heteroatoms. The van der Waals surface area contributed by atoms with Crippen LogP contribution in [0.1, 0.15) is 32.4 Å². The molecule has 122 valence electrons. The van der Waals surface area contributed by atoms with Crippen LogP contribution in [-0.2, 0) is 4.74 Å². The average molecular weight is 308 g/mol. The number of hydrogen-bond acceptors (Lipinski definition) is 5. The number of benzene rings is 1. The van der Waals surface area contributed by atoms with Gasteiger partial charge in [0.2, 0.25) is 0 Å². The fourth-order valence-corrected chi connectivity index (χ4v) is 2.21. The van der Waals surface area contributed by atoms with Gasteiger partial charge in [-0.1, -0.05) is 0 Å². The predicted molar refractivity (Wildman–Crippen MR) is 83.2 cm³/mol. The van der Waals surface area contributed by atoms with Crippen molar-refractivity contribution in [3.8, 4) is 11.5 Å². The Hall–Kier alpha value is -1.95. The molecule has 0 saturated carbocycles. The lowest BCUT2D eigenvalue weighted by molar-refractivity contribution is 0.0299. The molecule has 0 spiro atoms. The summed E-state index contributed by atoms with van der Waals surface area (Å²) in [7, 11) is 1.72. The minimum absolute atomic E-state index is 0.0719. The van der Waals surface area contributed by atoms with Crippen molar-refractivity contribution < 1.29 is 19.4 Å². The maximum atomic E-state index is 11.8. The Bertz CT molecular complexity index is 539. The first-order chi connectivity index (χ1) is 10.3. The zero-order chi connectivity index (χ0) is 16.3. The number of likely N-dealkylation sites (N-methyl/N-ethyl adjacent to an activating group) is 1. The molecule has 0 fully saturated rings. The quantitative estimate of drug-likeness (QED) is 0.893. The summed E-state index contributed by atoms with van der Waals surface area (Å²) in [5.74, 6) is 0.905. The number of nitrogens with one attached hydrogen (secondary N) is 1. The minimum atomic E-state index is -0.487. The highest BCUT2D eigenvalue weighted by atomic mass is 16.6. The Morgan fingerprint density at radius 2 is 2.23 bits per heavy atom. The zero-order valence-corrected chi connectivity index (χ0v) is 13.5. The summed E-state index contributed by atoms with van der Waals surface area (Å²) in [6.45, 7) is 7.23. The van der Waals surface area contributed by atoms with Crippen molar-refractivity contribution in [2.24, 2.45) is 0 Å². The molecule has 0 aromatic heterocycles. The highest BCUT2D eigenvalue weighted by Gasteiger charge is 2.24. The van der Waals surface area contributed by atoms with E-state index >= 15 is 0 Å². The second-order valence-corrected chi connectivity index (χ2v) is 6.44. The predicted octanol–water partition coefficient (Wildman–Crippen LogP) is 2.28. The lowest BCUT2D eigenvalue weighted by Gasteiger charge is -2.25. The second-order valence-electron chi connectivity index (χ2n) is 6.44. The van der Waals surface area contributed by atoms with E-state index in [0.29, 0.717) is 25.4 Å². The Balaban J connectivity index is 1.80. The van der Waals surface area contributed by atoms with Crippen molar-refractivity contribution in [1.29, 1.82) is 0 Å². The second kappa shape index (κ2) is 6.44. The number of amides is 1.